The highest BCUT2D eigenvalue weighted by molar-refractivity contribution is 5.96. The summed E-state index contributed by atoms with van der Waals surface area (Å²) < 4.78 is 31.8. The van der Waals surface area contributed by atoms with Crippen LogP contribution in [-0.2, 0) is 23.9 Å². The number of esters is 1. The summed E-state index contributed by atoms with van der Waals surface area (Å²) in [5.74, 6) is -1.54. The summed E-state index contributed by atoms with van der Waals surface area (Å²) in [7, 11) is 1.25. The molecule has 4 fully saturated rings. The van der Waals surface area contributed by atoms with E-state index in [9.17, 15) is 23.6 Å². The first kappa shape index (κ1) is 35.3. The lowest BCUT2D eigenvalue weighted by atomic mass is 9.85. The van der Waals surface area contributed by atoms with Crippen molar-refractivity contribution in [2.24, 2.45) is 11.3 Å². The van der Waals surface area contributed by atoms with Gasteiger partial charge < -0.3 is 29.7 Å². The van der Waals surface area contributed by atoms with E-state index in [1.165, 1.54) is 18.1 Å². The van der Waals surface area contributed by atoms with E-state index in [1.807, 2.05) is 20.8 Å². The Bertz CT molecular complexity index is 1650. The average molecular weight is 692 g/mol. The number of benzene rings is 1. The van der Waals surface area contributed by atoms with E-state index in [1.54, 1.807) is 30.3 Å². The van der Waals surface area contributed by atoms with E-state index in [0.29, 0.717) is 23.5 Å². The second-order valence-electron chi connectivity index (χ2n) is 14.9. The molecular formula is C37H46FN5O7. The van der Waals surface area contributed by atoms with Crippen LogP contribution in [-0.4, -0.2) is 82.2 Å². The Morgan fingerprint density at radius 3 is 2.42 bits per heavy atom. The number of aromatic nitrogens is 2. The van der Waals surface area contributed by atoms with Crippen LogP contribution in [0.1, 0.15) is 83.9 Å². The van der Waals surface area contributed by atoms with Crippen molar-refractivity contribution in [3.63, 3.8) is 0 Å². The molecule has 2 N–H and O–H groups in total. The molecule has 2 aromatic rings. The third-order valence-electron chi connectivity index (χ3n) is 10.1. The Labute approximate surface area is 291 Å². The molecular weight excluding hydrogens is 645 g/mol. The standard InChI is InChI=1S/C37H46FN5O7/c1-6-22-19-37(22,34(46)48-5)42-32(44)28-17-24(20-43(28)33(45)30(36(2,3)4)41-35(47)50-23-11-7-8-12-23)49-29-18-27(25-13-9-10-14-26(25)38)39-31(40-29)21-15-16-21/h6,9-10,13-14,18,21-24,28,30H,1,7-8,11-12,15-17,19-20H2,2-5H3,(H,41,47)(H,42,44)/t22-,24-,28+,30-,37-/m1/s1. The van der Waals surface area contributed by atoms with Gasteiger partial charge in [0, 0.05) is 29.9 Å². The maximum Gasteiger partial charge on any atom is 0.408 e. The molecule has 1 aromatic heterocycles. The second-order valence-corrected chi connectivity index (χ2v) is 14.9. The number of methoxy groups -OCH3 is 1. The van der Waals surface area contributed by atoms with Gasteiger partial charge in [0.05, 0.1) is 19.3 Å². The molecule has 0 spiro atoms. The average Bonchev–Trinajstić information content (AvgIpc) is 3.95. The highest BCUT2D eigenvalue weighted by atomic mass is 19.1. The molecule has 0 bridgehead atoms. The molecule has 1 aromatic carbocycles. The van der Waals surface area contributed by atoms with Crippen LogP contribution >= 0.6 is 0 Å². The third kappa shape index (κ3) is 7.46. The molecule has 13 heteroatoms. The van der Waals surface area contributed by atoms with Gasteiger partial charge in [0.2, 0.25) is 17.7 Å². The van der Waals surface area contributed by atoms with Crippen LogP contribution in [0.3, 0.4) is 0 Å². The summed E-state index contributed by atoms with van der Waals surface area (Å²) in [6.07, 6.45) is 5.68. The SMILES string of the molecule is C=C[C@@H]1C[C@]1(NC(=O)[C@@H]1C[C@@H](Oc2cc(-c3ccccc3F)nc(C3CC3)n2)CN1C(=O)[C@@H](NC(=O)OC1CCCC1)C(C)(C)C)C(=O)OC. The van der Waals surface area contributed by atoms with E-state index in [4.69, 9.17) is 14.2 Å². The van der Waals surface area contributed by atoms with Crippen molar-refractivity contribution in [1.82, 2.24) is 25.5 Å². The number of halogens is 1. The largest absolute Gasteiger partial charge is 0.472 e. The van der Waals surface area contributed by atoms with Gasteiger partial charge in [0.15, 0.2) is 0 Å². The number of carbonyl (C=O) groups excluding carboxylic acids is 4. The first-order valence-electron chi connectivity index (χ1n) is 17.4. The Hall–Kier alpha value is -4.55. The first-order valence-corrected chi connectivity index (χ1v) is 17.4. The van der Waals surface area contributed by atoms with Crippen molar-refractivity contribution in [3.8, 4) is 17.1 Å². The molecule has 1 aliphatic heterocycles. The zero-order valence-electron chi connectivity index (χ0n) is 29.1. The zero-order valence-corrected chi connectivity index (χ0v) is 29.1. The molecule has 12 nitrogen and oxygen atoms in total. The van der Waals surface area contributed by atoms with Crippen molar-refractivity contribution in [3.05, 3.63) is 54.6 Å². The van der Waals surface area contributed by atoms with Gasteiger partial charge >= 0.3 is 12.1 Å². The minimum Gasteiger partial charge on any atom is -0.472 e. The molecule has 1 saturated heterocycles. The lowest BCUT2D eigenvalue weighted by Gasteiger charge is -2.35. The fraction of sp³-hybridized carbons (Fsp3) is 0.568. The molecule has 268 valence electrons. The monoisotopic (exact) mass is 691 g/mol. The smallest absolute Gasteiger partial charge is 0.408 e. The van der Waals surface area contributed by atoms with Gasteiger partial charge in [-0.2, -0.15) is 4.98 Å². The van der Waals surface area contributed by atoms with Crippen molar-refractivity contribution >= 4 is 23.9 Å². The summed E-state index contributed by atoms with van der Waals surface area (Å²) in [5.41, 5.74) is -1.37. The number of rotatable bonds is 11. The third-order valence-corrected chi connectivity index (χ3v) is 10.1. The summed E-state index contributed by atoms with van der Waals surface area (Å²) in [6, 6.07) is 5.78. The quantitative estimate of drug-likeness (QED) is 0.250. The van der Waals surface area contributed by atoms with Crippen molar-refractivity contribution in [2.75, 3.05) is 13.7 Å². The van der Waals surface area contributed by atoms with Crippen molar-refractivity contribution < 1.29 is 37.8 Å². The van der Waals surface area contributed by atoms with Gasteiger partial charge in [0.1, 0.15) is 41.5 Å². The number of nitrogens with zero attached hydrogens (tertiary/aromatic N) is 3. The van der Waals surface area contributed by atoms with Crippen LogP contribution in [0.15, 0.2) is 43.0 Å². The van der Waals surface area contributed by atoms with Gasteiger partial charge in [-0.1, -0.05) is 39.0 Å². The number of likely N-dealkylation sites (tertiary alicyclic amines) is 1. The molecule has 4 aliphatic rings. The van der Waals surface area contributed by atoms with Gasteiger partial charge in [0.25, 0.3) is 0 Å². The highest BCUT2D eigenvalue weighted by Gasteiger charge is 2.62. The van der Waals surface area contributed by atoms with Crippen LogP contribution in [0.2, 0.25) is 0 Å². The second kappa shape index (κ2) is 14.0. The first-order chi connectivity index (χ1) is 23.8. The van der Waals surface area contributed by atoms with E-state index in [0.717, 1.165) is 38.5 Å². The minimum absolute atomic E-state index is 0.0171. The van der Waals surface area contributed by atoms with E-state index < -0.39 is 58.8 Å². The van der Waals surface area contributed by atoms with Gasteiger partial charge in [-0.15, -0.1) is 6.58 Å². The number of ether oxygens (including phenoxy) is 3. The van der Waals surface area contributed by atoms with Gasteiger partial charge in [-0.3, -0.25) is 9.59 Å². The van der Waals surface area contributed by atoms with E-state index in [2.05, 4.69) is 27.2 Å². The normalized spacial score (nSPS) is 25.4. The maximum atomic E-state index is 14.8. The molecule has 50 heavy (non-hydrogen) atoms. The van der Waals surface area contributed by atoms with Crippen LogP contribution in [0, 0.1) is 17.2 Å². The summed E-state index contributed by atoms with van der Waals surface area (Å²) >= 11 is 0. The molecule has 3 saturated carbocycles. The van der Waals surface area contributed by atoms with Crippen molar-refractivity contribution in [2.45, 2.75) is 108 Å². The summed E-state index contributed by atoms with van der Waals surface area (Å²) in [5, 5.41) is 5.63. The fourth-order valence-electron chi connectivity index (χ4n) is 6.99. The predicted molar refractivity (Wildman–Crippen MR) is 180 cm³/mol. The van der Waals surface area contributed by atoms with Crippen LogP contribution in [0.25, 0.3) is 11.3 Å². The van der Waals surface area contributed by atoms with Gasteiger partial charge in [-0.25, -0.2) is 19.0 Å². The van der Waals surface area contributed by atoms with Crippen LogP contribution in [0.4, 0.5) is 9.18 Å². The van der Waals surface area contributed by atoms with Crippen LogP contribution < -0.4 is 15.4 Å². The molecule has 0 radical (unpaired) electrons. The number of hydrogen-bond acceptors (Lipinski definition) is 9. The Morgan fingerprint density at radius 2 is 1.80 bits per heavy atom. The number of nitrogens with one attached hydrogen (secondary N) is 2. The summed E-state index contributed by atoms with van der Waals surface area (Å²) in [6.45, 7) is 9.22. The zero-order chi connectivity index (χ0) is 35.8. The minimum atomic E-state index is -1.28. The topological polar surface area (TPSA) is 149 Å². The van der Waals surface area contributed by atoms with Gasteiger partial charge in [-0.05, 0) is 62.5 Å². The Morgan fingerprint density at radius 1 is 1.08 bits per heavy atom. The molecule has 0 unspecified atom stereocenters. The Kier molecular flexibility index (Phi) is 9.87. The number of amides is 3. The summed E-state index contributed by atoms with van der Waals surface area (Å²) in [4.78, 5) is 65.0. The molecule has 3 amide bonds. The lowest BCUT2D eigenvalue weighted by Crippen LogP contribution is -2.59. The molecule has 2 heterocycles. The van der Waals surface area contributed by atoms with E-state index in [-0.39, 0.29) is 36.8 Å². The van der Waals surface area contributed by atoms with Crippen molar-refractivity contribution in [1.29, 1.82) is 0 Å². The van der Waals surface area contributed by atoms with Crippen LogP contribution in [0.5, 0.6) is 5.88 Å². The molecule has 6 rings (SSSR count). The molecule has 5 atom stereocenters. The van der Waals surface area contributed by atoms with E-state index >= 15 is 0 Å². The lowest BCUT2D eigenvalue weighted by molar-refractivity contribution is -0.148. The molecule has 3 aliphatic carbocycles. The highest BCUT2D eigenvalue weighted by Crippen LogP contribution is 2.46. The number of alkyl carbamates (subject to hydrolysis) is 1. The fourth-order valence-corrected chi connectivity index (χ4v) is 6.99. The number of hydrogen-bond donors (Lipinski definition) is 2. The maximum absolute atomic E-state index is 14.8. The Balaban J connectivity index is 1.28. The predicted octanol–water partition coefficient (Wildman–Crippen LogP) is 4.83. The number of carbonyl (C=O) groups is 4.